The summed E-state index contributed by atoms with van der Waals surface area (Å²) in [5, 5.41) is 13.3. The van der Waals surface area contributed by atoms with Crippen molar-refractivity contribution in [2.45, 2.75) is 19.1 Å². The predicted molar refractivity (Wildman–Crippen MR) is 80.1 cm³/mol. The average molecular weight is 322 g/mol. The number of halogens is 1. The molecule has 2 unspecified atom stereocenters. The number of hydrogen-bond donors (Lipinski definition) is 2. The molecule has 5 nitrogen and oxygen atoms in total. The van der Waals surface area contributed by atoms with Crippen LogP contribution in [0.5, 0.6) is 5.75 Å². The molecule has 0 aliphatic heterocycles. The molecule has 0 aromatic heterocycles. The van der Waals surface area contributed by atoms with E-state index < -0.39 is 15.9 Å². The summed E-state index contributed by atoms with van der Waals surface area (Å²) in [5.41, 5.74) is 0. The zero-order valence-electron chi connectivity index (χ0n) is 11.5. The Kier molecular flexibility index (Phi) is 6.75. The van der Waals surface area contributed by atoms with E-state index in [1.165, 1.54) is 6.26 Å². The first-order valence-electron chi connectivity index (χ1n) is 6.24. The molecule has 0 saturated heterocycles. The quantitative estimate of drug-likeness (QED) is 0.750. The zero-order chi connectivity index (χ0) is 15.2. The summed E-state index contributed by atoms with van der Waals surface area (Å²) in [6.45, 7) is 2.13. The lowest BCUT2D eigenvalue weighted by Gasteiger charge is -2.17. The van der Waals surface area contributed by atoms with Gasteiger partial charge in [0.2, 0.25) is 0 Å². The molecule has 0 saturated carbocycles. The first-order chi connectivity index (χ1) is 9.26. The Bertz CT molecular complexity index is 521. The van der Waals surface area contributed by atoms with Crippen molar-refractivity contribution in [1.29, 1.82) is 0 Å². The average Bonchev–Trinajstić information content (AvgIpc) is 2.32. The molecule has 0 amide bonds. The highest BCUT2D eigenvalue weighted by Crippen LogP contribution is 2.17. The van der Waals surface area contributed by atoms with Crippen LogP contribution in [0.2, 0.25) is 5.02 Å². The molecule has 7 heteroatoms. The molecule has 0 aliphatic rings. The Labute approximate surface area is 124 Å². The van der Waals surface area contributed by atoms with E-state index in [1.54, 1.807) is 31.2 Å². The summed E-state index contributed by atoms with van der Waals surface area (Å²) in [5.74, 6) is 0.621. The van der Waals surface area contributed by atoms with Crippen molar-refractivity contribution in [1.82, 2.24) is 5.32 Å². The van der Waals surface area contributed by atoms with Gasteiger partial charge in [0.1, 0.15) is 28.3 Å². The van der Waals surface area contributed by atoms with Crippen LogP contribution >= 0.6 is 11.6 Å². The van der Waals surface area contributed by atoms with Crippen molar-refractivity contribution in [3.8, 4) is 5.75 Å². The number of aliphatic hydroxyl groups excluding tert-OH is 1. The fraction of sp³-hybridized carbons (Fsp3) is 0.538. The molecule has 0 radical (unpaired) electrons. The molecular weight excluding hydrogens is 302 g/mol. The Hall–Kier alpha value is -0.820. The van der Waals surface area contributed by atoms with Crippen LogP contribution < -0.4 is 10.1 Å². The fourth-order valence-electron chi connectivity index (χ4n) is 1.66. The maximum absolute atomic E-state index is 11.1. The van der Waals surface area contributed by atoms with Crippen LogP contribution in [-0.2, 0) is 9.84 Å². The smallest absolute Gasteiger partial charge is 0.148 e. The van der Waals surface area contributed by atoms with Crippen LogP contribution in [0.1, 0.15) is 6.92 Å². The highest BCUT2D eigenvalue weighted by molar-refractivity contribution is 7.90. The summed E-state index contributed by atoms with van der Waals surface area (Å²) in [7, 11) is -3.02. The minimum absolute atomic E-state index is 0.0366. The fourth-order valence-corrected chi connectivity index (χ4v) is 2.86. The van der Waals surface area contributed by atoms with Crippen LogP contribution in [0.25, 0.3) is 0 Å². The van der Waals surface area contributed by atoms with Crippen LogP contribution in [0, 0.1) is 0 Å². The van der Waals surface area contributed by atoms with Gasteiger partial charge in [-0.05, 0) is 25.1 Å². The Morgan fingerprint density at radius 1 is 1.45 bits per heavy atom. The van der Waals surface area contributed by atoms with E-state index in [1.807, 2.05) is 0 Å². The highest BCUT2D eigenvalue weighted by atomic mass is 35.5. The van der Waals surface area contributed by atoms with Gasteiger partial charge in [0.25, 0.3) is 0 Å². The van der Waals surface area contributed by atoms with Gasteiger partial charge in [-0.1, -0.05) is 17.7 Å². The van der Waals surface area contributed by atoms with Gasteiger partial charge in [0.15, 0.2) is 0 Å². The van der Waals surface area contributed by atoms with Crippen LogP contribution in [0.4, 0.5) is 0 Å². The number of nitrogens with one attached hydrogen (secondary N) is 1. The maximum Gasteiger partial charge on any atom is 0.148 e. The first kappa shape index (κ1) is 17.2. The summed E-state index contributed by atoms with van der Waals surface area (Å²) < 4.78 is 27.6. The topological polar surface area (TPSA) is 75.6 Å². The highest BCUT2D eigenvalue weighted by Gasteiger charge is 2.12. The number of benzene rings is 1. The van der Waals surface area contributed by atoms with E-state index in [0.717, 1.165) is 0 Å². The lowest BCUT2D eigenvalue weighted by molar-refractivity contribution is 0.105. The van der Waals surface area contributed by atoms with Crippen LogP contribution in [0.3, 0.4) is 0 Å². The van der Waals surface area contributed by atoms with E-state index in [4.69, 9.17) is 16.3 Å². The van der Waals surface area contributed by atoms with Crippen LogP contribution in [-0.4, -0.2) is 50.8 Å². The van der Waals surface area contributed by atoms with Gasteiger partial charge < -0.3 is 15.2 Å². The third-order valence-corrected chi connectivity index (χ3v) is 3.83. The molecule has 2 atom stereocenters. The minimum Gasteiger partial charge on any atom is -0.491 e. The Balaban J connectivity index is 2.28. The zero-order valence-corrected chi connectivity index (χ0v) is 13.1. The van der Waals surface area contributed by atoms with Crippen molar-refractivity contribution in [3.63, 3.8) is 0 Å². The summed E-state index contributed by atoms with van der Waals surface area (Å²) in [6.07, 6.45) is 0.458. The molecule has 1 aromatic carbocycles. The van der Waals surface area contributed by atoms with Crippen molar-refractivity contribution in [3.05, 3.63) is 29.3 Å². The third kappa shape index (κ3) is 7.69. The van der Waals surface area contributed by atoms with E-state index in [-0.39, 0.29) is 24.9 Å². The molecule has 1 aromatic rings. The largest absolute Gasteiger partial charge is 0.491 e. The van der Waals surface area contributed by atoms with E-state index >= 15 is 0 Å². The first-order valence-corrected chi connectivity index (χ1v) is 8.67. The number of rotatable bonds is 8. The molecule has 0 spiro atoms. The second kappa shape index (κ2) is 7.83. The van der Waals surface area contributed by atoms with E-state index in [0.29, 0.717) is 10.8 Å². The molecule has 0 aliphatic carbocycles. The number of hydrogen-bond acceptors (Lipinski definition) is 5. The molecule has 114 valence electrons. The molecule has 20 heavy (non-hydrogen) atoms. The standard InChI is InChI=1S/C13H20ClNO4S/c1-10(9-20(2,17)18)15-7-12(16)8-19-13-5-3-4-11(14)6-13/h3-6,10,12,15-16H,7-9H2,1-2H3. The van der Waals surface area contributed by atoms with Gasteiger partial charge in [-0.2, -0.15) is 0 Å². The maximum atomic E-state index is 11.1. The van der Waals surface area contributed by atoms with E-state index in [9.17, 15) is 13.5 Å². The van der Waals surface area contributed by atoms with E-state index in [2.05, 4.69) is 5.32 Å². The van der Waals surface area contributed by atoms with Crippen molar-refractivity contribution in [2.75, 3.05) is 25.2 Å². The second-order valence-electron chi connectivity index (χ2n) is 4.82. The summed E-state index contributed by atoms with van der Waals surface area (Å²) in [6, 6.07) is 6.69. The number of sulfone groups is 1. The molecule has 1 rings (SSSR count). The molecule has 0 heterocycles. The second-order valence-corrected chi connectivity index (χ2v) is 7.45. The van der Waals surface area contributed by atoms with Crippen molar-refractivity contribution >= 4 is 21.4 Å². The van der Waals surface area contributed by atoms with Gasteiger partial charge in [-0.25, -0.2) is 8.42 Å². The summed E-state index contributed by atoms with van der Waals surface area (Å²) in [4.78, 5) is 0. The molecule has 0 fully saturated rings. The Morgan fingerprint density at radius 3 is 2.75 bits per heavy atom. The van der Waals surface area contributed by atoms with Gasteiger partial charge >= 0.3 is 0 Å². The predicted octanol–water partition coefficient (Wildman–Crippen LogP) is 1.10. The normalized spacial score (nSPS) is 14.8. The lowest BCUT2D eigenvalue weighted by Crippen LogP contribution is -2.39. The van der Waals surface area contributed by atoms with Crippen molar-refractivity contribution < 1.29 is 18.3 Å². The number of aliphatic hydroxyl groups is 1. The number of ether oxygens (including phenoxy) is 1. The molecule has 2 N–H and O–H groups in total. The van der Waals surface area contributed by atoms with Gasteiger partial charge in [-0.15, -0.1) is 0 Å². The van der Waals surface area contributed by atoms with Crippen LogP contribution in [0.15, 0.2) is 24.3 Å². The van der Waals surface area contributed by atoms with Crippen molar-refractivity contribution in [2.24, 2.45) is 0 Å². The van der Waals surface area contributed by atoms with Gasteiger partial charge in [0.05, 0.1) is 5.75 Å². The molecule has 0 bridgehead atoms. The SMILES string of the molecule is CC(CS(C)(=O)=O)NCC(O)COc1cccc(Cl)c1. The molecular formula is C13H20ClNO4S. The lowest BCUT2D eigenvalue weighted by atomic mass is 10.3. The van der Waals surface area contributed by atoms with Gasteiger partial charge in [-0.3, -0.25) is 0 Å². The Morgan fingerprint density at radius 2 is 2.15 bits per heavy atom. The minimum atomic E-state index is -3.02. The monoisotopic (exact) mass is 321 g/mol. The van der Waals surface area contributed by atoms with Gasteiger partial charge in [0, 0.05) is 23.9 Å². The summed E-state index contributed by atoms with van der Waals surface area (Å²) >= 11 is 5.81. The third-order valence-electron chi connectivity index (χ3n) is 2.49.